The Hall–Kier alpha value is -1.70. The van der Waals surface area contributed by atoms with Crippen molar-refractivity contribution in [3.8, 4) is 0 Å². The zero-order chi connectivity index (χ0) is 16.1. The average Bonchev–Trinajstić information content (AvgIpc) is 2.91. The Morgan fingerprint density at radius 1 is 1.36 bits per heavy atom. The summed E-state index contributed by atoms with van der Waals surface area (Å²) in [4.78, 5) is 22.7. The van der Waals surface area contributed by atoms with E-state index in [-0.39, 0.29) is 17.5 Å². The van der Waals surface area contributed by atoms with Gasteiger partial charge in [0.1, 0.15) is 16.7 Å². The smallest absolute Gasteiger partial charge is 0.225 e. The van der Waals surface area contributed by atoms with E-state index in [1.54, 1.807) is 4.68 Å². The molecule has 1 aliphatic rings. The minimum Gasteiger partial charge on any atom is -0.364 e. The van der Waals surface area contributed by atoms with Crippen LogP contribution in [0.1, 0.15) is 27.2 Å². The highest BCUT2D eigenvalue weighted by Gasteiger charge is 2.36. The van der Waals surface area contributed by atoms with Crippen LogP contribution in [0.5, 0.6) is 0 Å². The van der Waals surface area contributed by atoms with E-state index in [2.05, 4.69) is 36.3 Å². The van der Waals surface area contributed by atoms with E-state index in [9.17, 15) is 4.79 Å². The van der Waals surface area contributed by atoms with Gasteiger partial charge in [-0.2, -0.15) is 5.10 Å². The number of anilines is 1. The van der Waals surface area contributed by atoms with Crippen molar-refractivity contribution in [1.29, 1.82) is 0 Å². The number of rotatable bonds is 2. The molecular formula is C14H19BrN6O. The van der Waals surface area contributed by atoms with Crippen molar-refractivity contribution in [3.05, 3.63) is 10.9 Å². The van der Waals surface area contributed by atoms with Gasteiger partial charge in [0.25, 0.3) is 0 Å². The molecule has 0 aromatic carbocycles. The van der Waals surface area contributed by atoms with Crippen molar-refractivity contribution in [2.24, 2.45) is 7.05 Å². The number of aromatic nitrogens is 4. The van der Waals surface area contributed by atoms with E-state index in [0.717, 1.165) is 11.0 Å². The van der Waals surface area contributed by atoms with Crippen LogP contribution in [0.15, 0.2) is 10.9 Å². The van der Waals surface area contributed by atoms with Crippen LogP contribution in [-0.2, 0) is 11.8 Å². The fourth-order valence-electron chi connectivity index (χ4n) is 2.80. The second kappa shape index (κ2) is 5.19. The second-order valence-corrected chi connectivity index (χ2v) is 7.31. The van der Waals surface area contributed by atoms with Crippen LogP contribution in [0.2, 0.25) is 0 Å². The predicted molar refractivity (Wildman–Crippen MR) is 87.5 cm³/mol. The summed E-state index contributed by atoms with van der Waals surface area (Å²) in [5.74, 6) is 0.874. The first-order valence-electron chi connectivity index (χ1n) is 7.17. The molecule has 0 radical (unpaired) electrons. The molecule has 2 aromatic heterocycles. The third-order valence-corrected chi connectivity index (χ3v) is 4.41. The van der Waals surface area contributed by atoms with Crippen molar-refractivity contribution in [3.63, 3.8) is 0 Å². The number of nitrogens with one attached hydrogen (secondary N) is 1. The number of carbonyl (C=O) groups excluding carboxylic acids is 1. The lowest BCUT2D eigenvalue weighted by atomic mass is 10.1. The van der Waals surface area contributed by atoms with Gasteiger partial charge in [0.05, 0.1) is 11.4 Å². The quantitative estimate of drug-likeness (QED) is 0.878. The molecule has 118 valence electrons. The van der Waals surface area contributed by atoms with Gasteiger partial charge in [0.2, 0.25) is 5.91 Å². The molecule has 8 heteroatoms. The van der Waals surface area contributed by atoms with E-state index >= 15 is 0 Å². The van der Waals surface area contributed by atoms with Gasteiger partial charge in [-0.3, -0.25) is 4.79 Å². The Morgan fingerprint density at radius 3 is 2.73 bits per heavy atom. The monoisotopic (exact) mass is 366 g/mol. The molecule has 0 spiro atoms. The molecule has 7 nitrogen and oxygen atoms in total. The highest BCUT2D eigenvalue weighted by atomic mass is 79.9. The van der Waals surface area contributed by atoms with Gasteiger partial charge in [0, 0.05) is 25.6 Å². The van der Waals surface area contributed by atoms with E-state index in [0.29, 0.717) is 23.4 Å². The van der Waals surface area contributed by atoms with Gasteiger partial charge >= 0.3 is 0 Å². The van der Waals surface area contributed by atoms with Crippen molar-refractivity contribution >= 4 is 38.7 Å². The standard InChI is InChI=1S/C14H19BrN6O/c1-14(2,3)21-6-8(5-9(21)22)18-12-10-11(15)19-20(4)13(10)17-7-16-12/h7-8H,5-6H2,1-4H3,(H,16,17,18). The maximum Gasteiger partial charge on any atom is 0.225 e. The molecule has 3 heterocycles. The SMILES string of the molecule is Cn1nc(Br)c2c(NC3CC(=O)N(C(C)(C)C)C3)ncnc21. The maximum atomic E-state index is 12.2. The highest BCUT2D eigenvalue weighted by Crippen LogP contribution is 2.29. The van der Waals surface area contributed by atoms with Gasteiger partial charge in [-0.05, 0) is 36.7 Å². The number of amides is 1. The van der Waals surface area contributed by atoms with Crippen molar-refractivity contribution in [2.45, 2.75) is 38.8 Å². The van der Waals surface area contributed by atoms with Crippen LogP contribution < -0.4 is 5.32 Å². The Kier molecular flexibility index (Phi) is 3.58. The van der Waals surface area contributed by atoms with Gasteiger partial charge in [0.15, 0.2) is 5.65 Å². The Morgan fingerprint density at radius 2 is 2.09 bits per heavy atom. The maximum absolute atomic E-state index is 12.2. The molecule has 1 unspecified atom stereocenters. The summed E-state index contributed by atoms with van der Waals surface area (Å²) in [6, 6.07) is 0.0388. The molecule has 0 saturated carbocycles. The Balaban J connectivity index is 1.88. The summed E-state index contributed by atoms with van der Waals surface area (Å²) in [7, 11) is 1.84. The third kappa shape index (κ3) is 2.55. The van der Waals surface area contributed by atoms with Gasteiger partial charge < -0.3 is 10.2 Å². The molecule has 1 saturated heterocycles. The van der Waals surface area contributed by atoms with Gasteiger partial charge in [-0.25, -0.2) is 14.6 Å². The van der Waals surface area contributed by atoms with Crippen LogP contribution in [-0.4, -0.2) is 48.7 Å². The van der Waals surface area contributed by atoms with Crippen LogP contribution in [0.4, 0.5) is 5.82 Å². The van der Waals surface area contributed by atoms with Crippen LogP contribution >= 0.6 is 15.9 Å². The molecule has 2 aromatic rings. The minimum atomic E-state index is -0.163. The van der Waals surface area contributed by atoms with E-state index in [4.69, 9.17) is 0 Å². The lowest BCUT2D eigenvalue weighted by Gasteiger charge is -2.32. The molecule has 0 bridgehead atoms. The number of hydrogen-bond donors (Lipinski definition) is 1. The summed E-state index contributed by atoms with van der Waals surface area (Å²) >= 11 is 3.44. The van der Waals surface area contributed by atoms with Crippen LogP contribution in [0.3, 0.4) is 0 Å². The molecule has 1 fully saturated rings. The molecular weight excluding hydrogens is 348 g/mol. The summed E-state index contributed by atoms with van der Waals surface area (Å²) in [5, 5.41) is 8.52. The van der Waals surface area contributed by atoms with Crippen molar-refractivity contribution in [1.82, 2.24) is 24.6 Å². The zero-order valence-electron chi connectivity index (χ0n) is 13.1. The molecule has 3 rings (SSSR count). The molecule has 1 atom stereocenters. The normalized spacial score (nSPS) is 19.2. The first-order valence-corrected chi connectivity index (χ1v) is 7.97. The number of aryl methyl sites for hydroxylation is 1. The molecule has 1 amide bonds. The first kappa shape index (κ1) is 15.2. The van der Waals surface area contributed by atoms with Crippen LogP contribution in [0.25, 0.3) is 11.0 Å². The van der Waals surface area contributed by atoms with Gasteiger partial charge in [-0.15, -0.1) is 0 Å². The van der Waals surface area contributed by atoms with E-state index < -0.39 is 0 Å². The third-order valence-electron chi connectivity index (χ3n) is 3.85. The number of fused-ring (bicyclic) bond motifs is 1. The predicted octanol–water partition coefficient (Wildman–Crippen LogP) is 1.94. The van der Waals surface area contributed by atoms with Crippen LogP contribution in [0, 0.1) is 0 Å². The second-order valence-electron chi connectivity index (χ2n) is 6.56. The molecule has 22 heavy (non-hydrogen) atoms. The number of halogens is 1. The topological polar surface area (TPSA) is 75.9 Å². The average molecular weight is 367 g/mol. The zero-order valence-corrected chi connectivity index (χ0v) is 14.7. The molecule has 1 N–H and O–H groups in total. The molecule has 1 aliphatic heterocycles. The number of nitrogens with zero attached hydrogens (tertiary/aromatic N) is 5. The van der Waals surface area contributed by atoms with Crippen molar-refractivity contribution in [2.75, 3.05) is 11.9 Å². The van der Waals surface area contributed by atoms with Gasteiger partial charge in [-0.1, -0.05) is 0 Å². The summed E-state index contributed by atoms with van der Waals surface area (Å²) in [6.07, 6.45) is 1.98. The summed E-state index contributed by atoms with van der Waals surface area (Å²) < 4.78 is 2.40. The minimum absolute atomic E-state index is 0.0388. The van der Waals surface area contributed by atoms with E-state index in [1.807, 2.05) is 32.7 Å². The summed E-state index contributed by atoms with van der Waals surface area (Å²) in [5.41, 5.74) is 0.588. The van der Waals surface area contributed by atoms with Crippen molar-refractivity contribution < 1.29 is 4.79 Å². The fraction of sp³-hybridized carbons (Fsp3) is 0.571. The largest absolute Gasteiger partial charge is 0.364 e. The number of likely N-dealkylation sites (tertiary alicyclic amines) is 1. The fourth-order valence-corrected chi connectivity index (χ4v) is 3.40. The summed E-state index contributed by atoms with van der Waals surface area (Å²) in [6.45, 7) is 6.82. The highest BCUT2D eigenvalue weighted by molar-refractivity contribution is 9.10. The Labute approximate surface area is 137 Å². The number of carbonyl (C=O) groups is 1. The Bertz CT molecular complexity index is 735. The number of hydrogen-bond acceptors (Lipinski definition) is 5. The lowest BCUT2D eigenvalue weighted by Crippen LogP contribution is -2.43. The molecule has 0 aliphatic carbocycles. The van der Waals surface area contributed by atoms with E-state index in [1.165, 1.54) is 6.33 Å². The lowest BCUT2D eigenvalue weighted by molar-refractivity contribution is -0.131. The first-order chi connectivity index (χ1) is 10.3.